The normalized spacial score (nSPS) is 16.5. The van der Waals surface area contributed by atoms with E-state index in [1.807, 2.05) is 31.2 Å². The first kappa shape index (κ1) is 15.1. The lowest BCUT2D eigenvalue weighted by Gasteiger charge is -2.26. The number of benzene rings is 2. The van der Waals surface area contributed by atoms with Crippen LogP contribution in [0.1, 0.15) is 33.4 Å². The average Bonchev–Trinajstić information content (AvgIpc) is 3.08. The lowest BCUT2D eigenvalue weighted by molar-refractivity contribution is 0.0988. The molecule has 4 rings (SSSR count). The van der Waals surface area contributed by atoms with Crippen LogP contribution >= 0.6 is 15.9 Å². The molecule has 0 unspecified atom stereocenters. The van der Waals surface area contributed by atoms with Crippen LogP contribution in [0.5, 0.6) is 0 Å². The number of nitrogens with one attached hydrogen (secondary N) is 1. The number of rotatable bonds is 2. The van der Waals surface area contributed by atoms with Crippen molar-refractivity contribution in [1.82, 2.24) is 10.2 Å². The maximum absolute atomic E-state index is 14.5. The highest BCUT2D eigenvalue weighted by Gasteiger charge is 2.43. The van der Waals surface area contributed by atoms with Gasteiger partial charge in [-0.15, -0.1) is 0 Å². The molecule has 0 saturated heterocycles. The molecule has 3 aromatic rings. The number of amides is 1. The van der Waals surface area contributed by atoms with Crippen LogP contribution in [0.4, 0.5) is 10.1 Å². The van der Waals surface area contributed by atoms with Gasteiger partial charge in [0.05, 0.1) is 6.04 Å². The van der Waals surface area contributed by atoms with Crippen LogP contribution in [0.15, 0.2) is 53.0 Å². The molecule has 0 radical (unpaired) electrons. The number of fused-ring (bicyclic) bond motifs is 1. The van der Waals surface area contributed by atoms with E-state index in [-0.39, 0.29) is 11.7 Å². The molecule has 120 valence electrons. The van der Waals surface area contributed by atoms with Crippen LogP contribution in [0.3, 0.4) is 0 Å². The zero-order valence-corrected chi connectivity index (χ0v) is 14.3. The van der Waals surface area contributed by atoms with Gasteiger partial charge in [0.15, 0.2) is 5.69 Å². The molecule has 6 heteroatoms. The van der Waals surface area contributed by atoms with Gasteiger partial charge in [-0.25, -0.2) is 4.39 Å². The van der Waals surface area contributed by atoms with Crippen LogP contribution < -0.4 is 4.90 Å². The van der Waals surface area contributed by atoms with Gasteiger partial charge in [-0.3, -0.25) is 14.8 Å². The maximum Gasteiger partial charge on any atom is 0.280 e. The molecule has 24 heavy (non-hydrogen) atoms. The first-order valence-electron chi connectivity index (χ1n) is 7.46. The Morgan fingerprint density at radius 2 is 1.88 bits per heavy atom. The van der Waals surface area contributed by atoms with Gasteiger partial charge in [0.2, 0.25) is 0 Å². The molecule has 0 spiro atoms. The average molecular weight is 386 g/mol. The molecule has 0 bridgehead atoms. The zero-order valence-electron chi connectivity index (χ0n) is 12.8. The lowest BCUT2D eigenvalue weighted by Crippen LogP contribution is -2.29. The Labute approximate surface area is 146 Å². The molecule has 1 aliphatic rings. The minimum absolute atomic E-state index is 0.232. The molecule has 1 amide bonds. The first-order valence-corrected chi connectivity index (χ1v) is 8.25. The van der Waals surface area contributed by atoms with Crippen LogP contribution in [-0.2, 0) is 0 Å². The van der Waals surface area contributed by atoms with E-state index in [9.17, 15) is 9.18 Å². The second kappa shape index (κ2) is 5.56. The summed E-state index contributed by atoms with van der Waals surface area (Å²) in [6.45, 7) is 1.85. The van der Waals surface area contributed by atoms with Crippen molar-refractivity contribution in [2.24, 2.45) is 0 Å². The van der Waals surface area contributed by atoms with Crippen LogP contribution in [-0.4, -0.2) is 16.1 Å². The van der Waals surface area contributed by atoms with Crippen molar-refractivity contribution in [2.75, 3.05) is 4.90 Å². The fourth-order valence-corrected chi connectivity index (χ4v) is 3.42. The molecule has 0 aliphatic carbocycles. The second-order valence-electron chi connectivity index (χ2n) is 5.69. The number of nitrogens with zero attached hydrogens (tertiary/aromatic N) is 2. The number of anilines is 1. The molecule has 2 heterocycles. The summed E-state index contributed by atoms with van der Waals surface area (Å²) in [7, 11) is 0. The van der Waals surface area contributed by atoms with E-state index < -0.39 is 6.04 Å². The number of hydrogen-bond acceptors (Lipinski definition) is 2. The molecule has 4 nitrogen and oxygen atoms in total. The molecule has 2 aromatic carbocycles. The number of carbonyl (C=O) groups excluding carboxylic acids is 1. The highest BCUT2D eigenvalue weighted by molar-refractivity contribution is 9.10. The number of aryl methyl sites for hydroxylation is 1. The minimum atomic E-state index is -0.534. The van der Waals surface area contributed by atoms with Crippen molar-refractivity contribution in [2.45, 2.75) is 13.0 Å². The van der Waals surface area contributed by atoms with Gasteiger partial charge in [0.1, 0.15) is 5.82 Å². The van der Waals surface area contributed by atoms with Crippen molar-refractivity contribution >= 4 is 27.5 Å². The Kier molecular flexibility index (Phi) is 3.49. The van der Waals surface area contributed by atoms with Gasteiger partial charge in [-0.2, -0.15) is 5.10 Å². The van der Waals surface area contributed by atoms with Gasteiger partial charge in [-0.1, -0.05) is 34.1 Å². The Balaban J connectivity index is 1.94. The standard InChI is InChI=1S/C18H13BrFN3O/c1-10-15-16(22-21-10)18(24)23(12-8-6-11(19)7-9-12)17(15)13-4-2-3-5-14(13)20/h2-9,17H,1H3,(H,21,22)/t17-/m1/s1. The minimum Gasteiger partial charge on any atom is -0.295 e. The predicted octanol–water partition coefficient (Wildman–Crippen LogP) is 4.37. The number of aromatic amines is 1. The topological polar surface area (TPSA) is 49.0 Å². The van der Waals surface area contributed by atoms with Crippen molar-refractivity contribution in [3.8, 4) is 0 Å². The third-order valence-corrected chi connectivity index (χ3v) is 4.78. The van der Waals surface area contributed by atoms with Gasteiger partial charge in [0, 0.05) is 27.0 Å². The zero-order chi connectivity index (χ0) is 16.8. The highest BCUT2D eigenvalue weighted by Crippen LogP contribution is 2.43. The van der Waals surface area contributed by atoms with E-state index in [1.54, 1.807) is 23.1 Å². The summed E-state index contributed by atoms with van der Waals surface area (Å²) in [6, 6.07) is 13.4. The Hall–Kier alpha value is -2.47. The number of aromatic nitrogens is 2. The van der Waals surface area contributed by atoms with Crippen LogP contribution in [0.2, 0.25) is 0 Å². The summed E-state index contributed by atoms with van der Waals surface area (Å²) in [4.78, 5) is 14.5. The van der Waals surface area contributed by atoms with Gasteiger partial charge < -0.3 is 0 Å². The lowest BCUT2D eigenvalue weighted by atomic mass is 9.98. The van der Waals surface area contributed by atoms with Crippen LogP contribution in [0.25, 0.3) is 0 Å². The van der Waals surface area contributed by atoms with E-state index in [1.165, 1.54) is 6.07 Å². The van der Waals surface area contributed by atoms with Gasteiger partial charge in [-0.05, 0) is 37.3 Å². The Bertz CT molecular complexity index is 936. The number of halogens is 2. The number of H-pyrrole nitrogens is 1. The Morgan fingerprint density at radius 3 is 2.58 bits per heavy atom. The van der Waals surface area contributed by atoms with Crippen molar-refractivity contribution in [3.05, 3.63) is 81.3 Å². The van der Waals surface area contributed by atoms with Gasteiger partial charge in [0.25, 0.3) is 5.91 Å². The number of hydrogen-bond donors (Lipinski definition) is 1. The maximum atomic E-state index is 14.5. The van der Waals surface area contributed by atoms with E-state index >= 15 is 0 Å². The number of carbonyl (C=O) groups is 1. The fraction of sp³-hybridized carbons (Fsp3) is 0.111. The van der Waals surface area contributed by atoms with Crippen molar-refractivity contribution < 1.29 is 9.18 Å². The fourth-order valence-electron chi connectivity index (χ4n) is 3.16. The summed E-state index contributed by atoms with van der Waals surface area (Å²) in [5.74, 6) is -0.573. The van der Waals surface area contributed by atoms with Gasteiger partial charge >= 0.3 is 0 Å². The molecule has 1 aliphatic heterocycles. The second-order valence-corrected chi connectivity index (χ2v) is 6.60. The van der Waals surface area contributed by atoms with E-state index in [4.69, 9.17) is 0 Å². The third-order valence-electron chi connectivity index (χ3n) is 4.25. The molecule has 0 fully saturated rings. The molecule has 1 atom stereocenters. The molecule has 1 N–H and O–H groups in total. The summed E-state index contributed by atoms with van der Waals surface area (Å²) < 4.78 is 15.4. The van der Waals surface area contributed by atoms with E-state index in [2.05, 4.69) is 26.1 Å². The summed E-state index contributed by atoms with van der Waals surface area (Å²) in [5.41, 5.74) is 3.01. The van der Waals surface area contributed by atoms with Crippen LogP contribution in [0, 0.1) is 12.7 Å². The first-order chi connectivity index (χ1) is 11.6. The van der Waals surface area contributed by atoms with E-state index in [0.717, 1.165) is 15.7 Å². The summed E-state index contributed by atoms with van der Waals surface area (Å²) in [5, 5.41) is 6.97. The largest absolute Gasteiger partial charge is 0.295 e. The Morgan fingerprint density at radius 1 is 1.17 bits per heavy atom. The molecular formula is C18H13BrFN3O. The van der Waals surface area contributed by atoms with E-state index in [0.29, 0.717) is 16.9 Å². The molecule has 0 saturated carbocycles. The SMILES string of the molecule is Cc1[nH]nc2c1[C@@H](c1ccccc1F)N(c1ccc(Br)cc1)C2=O. The van der Waals surface area contributed by atoms with Crippen molar-refractivity contribution in [3.63, 3.8) is 0 Å². The summed E-state index contributed by atoms with van der Waals surface area (Å²) >= 11 is 3.39. The highest BCUT2D eigenvalue weighted by atomic mass is 79.9. The third kappa shape index (κ3) is 2.17. The smallest absolute Gasteiger partial charge is 0.280 e. The van der Waals surface area contributed by atoms with Crippen molar-refractivity contribution in [1.29, 1.82) is 0 Å². The molecule has 1 aromatic heterocycles. The predicted molar refractivity (Wildman–Crippen MR) is 92.5 cm³/mol. The summed E-state index contributed by atoms with van der Waals surface area (Å²) in [6.07, 6.45) is 0. The quantitative estimate of drug-likeness (QED) is 0.711. The monoisotopic (exact) mass is 385 g/mol. The molecular weight excluding hydrogens is 373 g/mol.